The monoisotopic (exact) mass is 227 g/mol. The highest BCUT2D eigenvalue weighted by Crippen LogP contribution is 2.19. The molecule has 0 saturated carbocycles. The van der Waals surface area contributed by atoms with E-state index in [4.69, 9.17) is 5.73 Å². The van der Waals surface area contributed by atoms with Crippen LogP contribution in [-0.2, 0) is 4.79 Å². The third kappa shape index (κ3) is 7.00. The van der Waals surface area contributed by atoms with Crippen LogP contribution in [0.5, 0.6) is 0 Å². The predicted molar refractivity (Wildman–Crippen MR) is 70.4 cm³/mol. The topological polar surface area (TPSA) is 43.1 Å². The van der Waals surface area contributed by atoms with Crippen LogP contribution >= 0.6 is 0 Å². The smallest absolute Gasteiger partial charge is 0.135 e. The predicted octanol–water partition coefficient (Wildman–Crippen LogP) is 3.54. The molecule has 0 aromatic heterocycles. The van der Waals surface area contributed by atoms with Gasteiger partial charge in [0.05, 0.1) is 0 Å². The summed E-state index contributed by atoms with van der Waals surface area (Å²) in [6, 6.07) is 0. The van der Waals surface area contributed by atoms with Gasteiger partial charge < -0.3 is 5.73 Å². The molecule has 2 N–H and O–H groups in total. The van der Waals surface area contributed by atoms with Gasteiger partial charge in [-0.2, -0.15) is 0 Å². The van der Waals surface area contributed by atoms with Gasteiger partial charge >= 0.3 is 0 Å². The molecule has 0 aromatic carbocycles. The third-order valence-electron chi connectivity index (χ3n) is 3.34. The van der Waals surface area contributed by atoms with Gasteiger partial charge in [-0.3, -0.25) is 4.79 Å². The molecule has 0 amide bonds. The van der Waals surface area contributed by atoms with Crippen molar-refractivity contribution in [3.63, 3.8) is 0 Å². The number of rotatable bonds is 10. The van der Waals surface area contributed by atoms with Crippen molar-refractivity contribution >= 4 is 5.78 Å². The lowest BCUT2D eigenvalue weighted by Crippen LogP contribution is -2.14. The van der Waals surface area contributed by atoms with Gasteiger partial charge in [0, 0.05) is 12.3 Å². The van der Waals surface area contributed by atoms with Crippen LogP contribution in [0.25, 0.3) is 0 Å². The SMILES string of the molecule is CCCC(CCN)CCC(=O)C(C)CCC. The zero-order valence-electron chi connectivity index (χ0n) is 11.3. The van der Waals surface area contributed by atoms with Crippen molar-refractivity contribution in [1.82, 2.24) is 0 Å². The summed E-state index contributed by atoms with van der Waals surface area (Å²) >= 11 is 0. The van der Waals surface area contributed by atoms with Gasteiger partial charge in [-0.05, 0) is 31.7 Å². The van der Waals surface area contributed by atoms with E-state index in [0.29, 0.717) is 11.7 Å². The maximum absolute atomic E-state index is 11.8. The van der Waals surface area contributed by atoms with Crippen molar-refractivity contribution in [3.05, 3.63) is 0 Å². The lowest BCUT2D eigenvalue weighted by atomic mass is 9.90. The Morgan fingerprint density at radius 2 is 1.69 bits per heavy atom. The molecular weight excluding hydrogens is 198 g/mol. The van der Waals surface area contributed by atoms with Crippen LogP contribution in [0.1, 0.15) is 65.7 Å². The van der Waals surface area contributed by atoms with Crippen LogP contribution in [-0.4, -0.2) is 12.3 Å². The number of nitrogens with two attached hydrogens (primary N) is 1. The Morgan fingerprint density at radius 3 is 2.19 bits per heavy atom. The van der Waals surface area contributed by atoms with E-state index in [0.717, 1.165) is 38.6 Å². The van der Waals surface area contributed by atoms with Crippen LogP contribution in [0.3, 0.4) is 0 Å². The lowest BCUT2D eigenvalue weighted by molar-refractivity contribution is -0.122. The number of hydrogen-bond acceptors (Lipinski definition) is 2. The van der Waals surface area contributed by atoms with Crippen LogP contribution in [0.2, 0.25) is 0 Å². The van der Waals surface area contributed by atoms with Gasteiger partial charge in [0.15, 0.2) is 0 Å². The summed E-state index contributed by atoms with van der Waals surface area (Å²) in [5, 5.41) is 0. The molecule has 0 aromatic rings. The minimum atomic E-state index is 0.255. The summed E-state index contributed by atoms with van der Waals surface area (Å²) in [5.41, 5.74) is 5.59. The number of carbonyl (C=O) groups is 1. The van der Waals surface area contributed by atoms with E-state index < -0.39 is 0 Å². The Labute approximate surface area is 101 Å². The molecule has 0 saturated heterocycles. The molecular formula is C14H29NO. The summed E-state index contributed by atoms with van der Waals surface area (Å²) in [4.78, 5) is 11.8. The first-order chi connectivity index (χ1) is 7.65. The van der Waals surface area contributed by atoms with Gasteiger partial charge in [0.25, 0.3) is 0 Å². The summed E-state index contributed by atoms with van der Waals surface area (Å²) in [7, 11) is 0. The highest BCUT2D eigenvalue weighted by Gasteiger charge is 2.14. The van der Waals surface area contributed by atoms with E-state index >= 15 is 0 Å². The second kappa shape index (κ2) is 9.83. The first-order valence-corrected chi connectivity index (χ1v) is 6.88. The maximum Gasteiger partial charge on any atom is 0.135 e. The molecule has 0 heterocycles. The third-order valence-corrected chi connectivity index (χ3v) is 3.34. The highest BCUT2D eigenvalue weighted by atomic mass is 16.1. The average molecular weight is 227 g/mol. The standard InChI is InChI=1S/C14H29NO/c1-4-6-12(3)14(16)9-8-13(7-5-2)10-11-15/h12-13H,4-11,15H2,1-3H3. The van der Waals surface area contributed by atoms with Gasteiger partial charge in [-0.15, -0.1) is 0 Å². The second-order valence-electron chi connectivity index (χ2n) is 4.93. The molecule has 16 heavy (non-hydrogen) atoms. The summed E-state index contributed by atoms with van der Waals surface area (Å²) in [5.74, 6) is 1.36. The van der Waals surface area contributed by atoms with Gasteiger partial charge in [-0.1, -0.05) is 40.0 Å². The molecule has 0 fully saturated rings. The molecule has 0 bridgehead atoms. The van der Waals surface area contributed by atoms with Crippen molar-refractivity contribution in [1.29, 1.82) is 0 Å². The summed E-state index contributed by atoms with van der Waals surface area (Å²) < 4.78 is 0. The number of ketones is 1. The molecule has 0 radical (unpaired) electrons. The van der Waals surface area contributed by atoms with E-state index in [1.54, 1.807) is 0 Å². The molecule has 0 rings (SSSR count). The molecule has 0 aliphatic carbocycles. The van der Waals surface area contributed by atoms with Gasteiger partial charge in [-0.25, -0.2) is 0 Å². The van der Waals surface area contributed by atoms with Crippen molar-refractivity contribution < 1.29 is 4.79 Å². The Balaban J connectivity index is 3.85. The molecule has 0 aliphatic rings. The Morgan fingerprint density at radius 1 is 1.06 bits per heavy atom. The van der Waals surface area contributed by atoms with Crippen LogP contribution in [0.15, 0.2) is 0 Å². The molecule has 2 heteroatoms. The normalized spacial score (nSPS) is 14.8. The summed E-state index contributed by atoms with van der Waals surface area (Å²) in [6.07, 6.45) is 7.42. The largest absolute Gasteiger partial charge is 0.330 e. The van der Waals surface area contributed by atoms with Crippen LogP contribution in [0, 0.1) is 11.8 Å². The number of hydrogen-bond donors (Lipinski definition) is 1. The molecule has 2 atom stereocenters. The van der Waals surface area contributed by atoms with E-state index in [1.165, 1.54) is 12.8 Å². The van der Waals surface area contributed by atoms with Crippen molar-refractivity contribution in [2.45, 2.75) is 65.7 Å². The van der Waals surface area contributed by atoms with E-state index in [2.05, 4.69) is 20.8 Å². The maximum atomic E-state index is 11.8. The summed E-state index contributed by atoms with van der Waals surface area (Å²) in [6.45, 7) is 7.15. The fraction of sp³-hybridized carbons (Fsp3) is 0.929. The van der Waals surface area contributed by atoms with Crippen molar-refractivity contribution in [2.24, 2.45) is 17.6 Å². The van der Waals surface area contributed by atoms with E-state index in [9.17, 15) is 4.79 Å². The molecule has 2 nitrogen and oxygen atoms in total. The van der Waals surface area contributed by atoms with E-state index in [-0.39, 0.29) is 5.92 Å². The molecule has 0 aliphatic heterocycles. The fourth-order valence-electron chi connectivity index (χ4n) is 2.26. The first-order valence-electron chi connectivity index (χ1n) is 6.88. The van der Waals surface area contributed by atoms with Crippen LogP contribution < -0.4 is 5.73 Å². The minimum absolute atomic E-state index is 0.255. The first kappa shape index (κ1) is 15.6. The number of Topliss-reactive ketones (excluding diaryl/α,β-unsaturated/α-hetero) is 1. The second-order valence-corrected chi connectivity index (χ2v) is 4.93. The Kier molecular flexibility index (Phi) is 9.60. The zero-order valence-corrected chi connectivity index (χ0v) is 11.3. The zero-order chi connectivity index (χ0) is 12.4. The number of carbonyl (C=O) groups excluding carboxylic acids is 1. The average Bonchev–Trinajstić information content (AvgIpc) is 2.26. The Hall–Kier alpha value is -0.370. The quantitative estimate of drug-likeness (QED) is 0.620. The van der Waals surface area contributed by atoms with Crippen molar-refractivity contribution in [2.75, 3.05) is 6.54 Å². The fourth-order valence-corrected chi connectivity index (χ4v) is 2.26. The van der Waals surface area contributed by atoms with Crippen molar-refractivity contribution in [3.8, 4) is 0 Å². The molecule has 96 valence electrons. The van der Waals surface area contributed by atoms with E-state index in [1.807, 2.05) is 0 Å². The van der Waals surface area contributed by atoms with Gasteiger partial charge in [0.2, 0.25) is 0 Å². The molecule has 2 unspecified atom stereocenters. The van der Waals surface area contributed by atoms with Crippen LogP contribution in [0.4, 0.5) is 0 Å². The Bertz CT molecular complexity index is 174. The lowest BCUT2D eigenvalue weighted by Gasteiger charge is -2.16. The minimum Gasteiger partial charge on any atom is -0.330 e. The molecule has 0 spiro atoms. The van der Waals surface area contributed by atoms with Gasteiger partial charge in [0.1, 0.15) is 5.78 Å². The highest BCUT2D eigenvalue weighted by molar-refractivity contribution is 5.80.